The minimum absolute atomic E-state index is 0.275. The Balaban J connectivity index is 2.11. The van der Waals surface area contributed by atoms with E-state index in [4.69, 9.17) is 16.3 Å². The first kappa shape index (κ1) is 13.6. The predicted molar refractivity (Wildman–Crippen MR) is 72.0 cm³/mol. The number of hydrogen-bond acceptors (Lipinski definition) is 4. The summed E-state index contributed by atoms with van der Waals surface area (Å²) in [7, 11) is -3.20. The van der Waals surface area contributed by atoms with Gasteiger partial charge in [0.2, 0.25) is 0 Å². The van der Waals surface area contributed by atoms with Gasteiger partial charge in [0.25, 0.3) is 0 Å². The molecule has 0 saturated carbocycles. The first-order chi connectivity index (χ1) is 8.47. The molecule has 1 atom stereocenters. The maximum Gasteiger partial charge on any atom is 0.175 e. The third-order valence-corrected chi connectivity index (χ3v) is 4.41. The van der Waals surface area contributed by atoms with Crippen LogP contribution in [0.5, 0.6) is 0 Å². The van der Waals surface area contributed by atoms with E-state index in [0.717, 1.165) is 26.2 Å². The highest BCUT2D eigenvalue weighted by Gasteiger charge is 2.16. The first-order valence-electron chi connectivity index (χ1n) is 5.78. The number of ether oxygens (including phenoxy) is 1. The van der Waals surface area contributed by atoms with Crippen molar-refractivity contribution < 1.29 is 13.2 Å². The molecular formula is C12H16ClNO3S. The van der Waals surface area contributed by atoms with Gasteiger partial charge in [0.1, 0.15) is 0 Å². The molecule has 1 N–H and O–H groups in total. The highest BCUT2D eigenvalue weighted by Crippen LogP contribution is 2.26. The van der Waals surface area contributed by atoms with Crippen LogP contribution in [-0.4, -0.2) is 34.4 Å². The Morgan fingerprint density at radius 2 is 2.28 bits per heavy atom. The van der Waals surface area contributed by atoms with E-state index < -0.39 is 9.84 Å². The monoisotopic (exact) mass is 289 g/mol. The second-order valence-electron chi connectivity index (χ2n) is 4.52. The molecule has 1 aliphatic rings. The lowest BCUT2D eigenvalue weighted by Crippen LogP contribution is -2.14. The average Bonchev–Trinajstić information content (AvgIpc) is 2.79. The number of benzene rings is 1. The van der Waals surface area contributed by atoms with Crippen LogP contribution in [0, 0.1) is 5.92 Å². The van der Waals surface area contributed by atoms with E-state index in [0.29, 0.717) is 16.6 Å². The van der Waals surface area contributed by atoms with Crippen molar-refractivity contribution in [3.05, 3.63) is 23.2 Å². The zero-order chi connectivity index (χ0) is 13.2. The summed E-state index contributed by atoms with van der Waals surface area (Å²) in [6.45, 7) is 2.28. The second kappa shape index (κ2) is 5.47. The van der Waals surface area contributed by atoms with Gasteiger partial charge >= 0.3 is 0 Å². The Hall–Kier alpha value is -0.780. The van der Waals surface area contributed by atoms with Gasteiger partial charge < -0.3 is 10.1 Å². The van der Waals surface area contributed by atoms with Gasteiger partial charge in [-0.25, -0.2) is 8.42 Å². The standard InChI is InChI=1S/C12H16ClNO3S/c1-18(15,16)10-2-3-11(13)12(6-10)14-7-9-4-5-17-8-9/h2-3,6,9,14H,4-5,7-8H2,1H3. The highest BCUT2D eigenvalue weighted by molar-refractivity contribution is 7.90. The first-order valence-corrected chi connectivity index (χ1v) is 8.05. The van der Waals surface area contributed by atoms with Crippen molar-refractivity contribution in [2.45, 2.75) is 11.3 Å². The lowest BCUT2D eigenvalue weighted by atomic mass is 10.1. The Labute approximate surface area is 112 Å². The molecule has 0 bridgehead atoms. The van der Waals surface area contributed by atoms with E-state index >= 15 is 0 Å². The van der Waals surface area contributed by atoms with E-state index in [2.05, 4.69) is 5.32 Å². The Kier molecular flexibility index (Phi) is 4.14. The smallest absolute Gasteiger partial charge is 0.175 e. The summed E-state index contributed by atoms with van der Waals surface area (Å²) in [6, 6.07) is 4.69. The summed E-state index contributed by atoms with van der Waals surface area (Å²) < 4.78 is 28.2. The fraction of sp³-hybridized carbons (Fsp3) is 0.500. The molecule has 2 rings (SSSR count). The zero-order valence-electron chi connectivity index (χ0n) is 10.1. The van der Waals surface area contributed by atoms with Gasteiger partial charge in [-0.2, -0.15) is 0 Å². The normalized spacial score (nSPS) is 20.0. The van der Waals surface area contributed by atoms with Gasteiger partial charge in [0, 0.05) is 25.3 Å². The third-order valence-electron chi connectivity index (χ3n) is 2.97. The van der Waals surface area contributed by atoms with E-state index in [1.807, 2.05) is 0 Å². The number of hydrogen-bond donors (Lipinski definition) is 1. The van der Waals surface area contributed by atoms with Crippen LogP contribution in [0.1, 0.15) is 6.42 Å². The molecule has 1 fully saturated rings. The molecule has 100 valence electrons. The van der Waals surface area contributed by atoms with Crippen LogP contribution in [0.4, 0.5) is 5.69 Å². The predicted octanol–water partition coefficient (Wildman–Crippen LogP) is 2.19. The molecule has 1 saturated heterocycles. The maximum absolute atomic E-state index is 11.5. The van der Waals surface area contributed by atoms with Gasteiger partial charge in [0.15, 0.2) is 9.84 Å². The Bertz CT molecular complexity index is 524. The topological polar surface area (TPSA) is 55.4 Å². The maximum atomic E-state index is 11.5. The summed E-state index contributed by atoms with van der Waals surface area (Å²) in [6.07, 6.45) is 2.21. The van der Waals surface area contributed by atoms with Crippen molar-refractivity contribution in [2.75, 3.05) is 31.3 Å². The van der Waals surface area contributed by atoms with Crippen molar-refractivity contribution in [3.63, 3.8) is 0 Å². The number of anilines is 1. The van der Waals surface area contributed by atoms with Gasteiger partial charge in [-0.3, -0.25) is 0 Å². The molecule has 0 aromatic heterocycles. The summed E-state index contributed by atoms with van der Waals surface area (Å²) in [5, 5.41) is 3.72. The van der Waals surface area contributed by atoms with E-state index in [1.54, 1.807) is 12.1 Å². The lowest BCUT2D eigenvalue weighted by molar-refractivity contribution is 0.187. The Morgan fingerprint density at radius 1 is 1.50 bits per heavy atom. The molecular weight excluding hydrogens is 274 g/mol. The molecule has 1 unspecified atom stereocenters. The van der Waals surface area contributed by atoms with Gasteiger partial charge in [-0.05, 0) is 24.6 Å². The number of nitrogens with one attached hydrogen (secondary N) is 1. The average molecular weight is 290 g/mol. The van der Waals surface area contributed by atoms with Crippen molar-refractivity contribution in [3.8, 4) is 0 Å². The van der Waals surface area contributed by atoms with Crippen LogP contribution in [0.25, 0.3) is 0 Å². The SMILES string of the molecule is CS(=O)(=O)c1ccc(Cl)c(NCC2CCOC2)c1. The molecule has 1 aromatic rings. The minimum Gasteiger partial charge on any atom is -0.383 e. The van der Waals surface area contributed by atoms with Crippen LogP contribution in [-0.2, 0) is 14.6 Å². The van der Waals surface area contributed by atoms with E-state index in [9.17, 15) is 8.42 Å². The summed E-state index contributed by atoms with van der Waals surface area (Å²) >= 11 is 6.04. The Morgan fingerprint density at radius 3 is 2.89 bits per heavy atom. The molecule has 4 nitrogen and oxygen atoms in total. The highest BCUT2D eigenvalue weighted by atomic mass is 35.5. The van der Waals surface area contributed by atoms with Gasteiger partial charge in [0.05, 0.1) is 22.2 Å². The largest absolute Gasteiger partial charge is 0.383 e. The van der Waals surface area contributed by atoms with Gasteiger partial charge in [-0.1, -0.05) is 11.6 Å². The van der Waals surface area contributed by atoms with Crippen LogP contribution in [0.15, 0.2) is 23.1 Å². The summed E-state index contributed by atoms with van der Waals surface area (Å²) in [4.78, 5) is 0.275. The fourth-order valence-electron chi connectivity index (χ4n) is 1.87. The second-order valence-corrected chi connectivity index (χ2v) is 6.95. The minimum atomic E-state index is -3.20. The molecule has 0 spiro atoms. The van der Waals surface area contributed by atoms with Crippen molar-refractivity contribution >= 4 is 27.1 Å². The van der Waals surface area contributed by atoms with Crippen molar-refractivity contribution in [1.82, 2.24) is 0 Å². The molecule has 6 heteroatoms. The molecule has 0 aliphatic carbocycles. The van der Waals surface area contributed by atoms with Crippen molar-refractivity contribution in [1.29, 1.82) is 0 Å². The van der Waals surface area contributed by atoms with E-state index in [-0.39, 0.29) is 4.90 Å². The molecule has 0 amide bonds. The van der Waals surface area contributed by atoms with Crippen LogP contribution in [0.3, 0.4) is 0 Å². The van der Waals surface area contributed by atoms with E-state index in [1.165, 1.54) is 12.3 Å². The fourth-order valence-corrected chi connectivity index (χ4v) is 2.70. The quantitative estimate of drug-likeness (QED) is 0.923. The summed E-state index contributed by atoms with van der Waals surface area (Å²) in [5.74, 6) is 0.461. The summed E-state index contributed by atoms with van der Waals surface area (Å²) in [5.41, 5.74) is 0.659. The van der Waals surface area contributed by atoms with Crippen LogP contribution >= 0.6 is 11.6 Å². The molecule has 18 heavy (non-hydrogen) atoms. The number of rotatable bonds is 4. The molecule has 1 aromatic carbocycles. The van der Waals surface area contributed by atoms with Crippen LogP contribution < -0.4 is 5.32 Å². The van der Waals surface area contributed by atoms with Gasteiger partial charge in [-0.15, -0.1) is 0 Å². The van der Waals surface area contributed by atoms with Crippen molar-refractivity contribution in [2.24, 2.45) is 5.92 Å². The third kappa shape index (κ3) is 3.37. The molecule has 0 radical (unpaired) electrons. The number of sulfone groups is 1. The van der Waals surface area contributed by atoms with Crippen LogP contribution in [0.2, 0.25) is 5.02 Å². The number of halogens is 1. The molecule has 1 aliphatic heterocycles. The zero-order valence-corrected chi connectivity index (χ0v) is 11.7. The molecule has 1 heterocycles. The lowest BCUT2D eigenvalue weighted by Gasteiger charge is -2.13.